The first-order valence-corrected chi connectivity index (χ1v) is 3.99. The molecule has 0 radical (unpaired) electrons. The SMILES string of the molecule is NC(=S)N/N=C/C(Cl)=C/CCl. The van der Waals surface area contributed by atoms with Gasteiger partial charge in [0.05, 0.1) is 11.2 Å². The van der Waals surface area contributed by atoms with E-state index >= 15 is 0 Å². The van der Waals surface area contributed by atoms with Crippen LogP contribution in [-0.4, -0.2) is 17.2 Å². The molecule has 3 N–H and O–H groups in total. The van der Waals surface area contributed by atoms with Crippen LogP contribution in [0.3, 0.4) is 0 Å². The van der Waals surface area contributed by atoms with Gasteiger partial charge in [-0.3, -0.25) is 5.43 Å². The third-order valence-electron chi connectivity index (χ3n) is 0.635. The van der Waals surface area contributed by atoms with Crippen LogP contribution >= 0.6 is 35.4 Å². The molecular weight excluding hydrogens is 205 g/mol. The molecule has 0 aromatic heterocycles. The molecule has 0 aliphatic rings. The summed E-state index contributed by atoms with van der Waals surface area (Å²) in [5, 5.41) is 4.12. The fourth-order valence-electron chi connectivity index (χ4n) is 0.284. The first-order valence-electron chi connectivity index (χ1n) is 2.67. The number of rotatable bonds is 3. The molecule has 0 aliphatic carbocycles. The largest absolute Gasteiger partial charge is 0.375 e. The average Bonchev–Trinajstić information content (AvgIpc) is 1.87. The minimum atomic E-state index is 0.0941. The van der Waals surface area contributed by atoms with Crippen LogP contribution in [0.1, 0.15) is 0 Å². The Hall–Kier alpha value is -0.320. The smallest absolute Gasteiger partial charge is 0.184 e. The molecule has 3 nitrogen and oxygen atoms in total. The van der Waals surface area contributed by atoms with Crippen LogP contribution in [0.15, 0.2) is 16.2 Å². The number of halogens is 2. The van der Waals surface area contributed by atoms with Gasteiger partial charge in [-0.25, -0.2) is 0 Å². The molecule has 0 saturated carbocycles. The van der Waals surface area contributed by atoms with Gasteiger partial charge in [0.25, 0.3) is 0 Å². The van der Waals surface area contributed by atoms with E-state index in [2.05, 4.69) is 22.7 Å². The van der Waals surface area contributed by atoms with Crippen molar-refractivity contribution in [3.8, 4) is 0 Å². The summed E-state index contributed by atoms with van der Waals surface area (Å²) in [6.07, 6.45) is 2.96. The van der Waals surface area contributed by atoms with E-state index in [1.54, 1.807) is 6.08 Å². The number of allylic oxidation sites excluding steroid dienone is 2. The van der Waals surface area contributed by atoms with Crippen LogP contribution < -0.4 is 11.2 Å². The summed E-state index contributed by atoms with van der Waals surface area (Å²) in [6, 6.07) is 0. The van der Waals surface area contributed by atoms with Gasteiger partial charge in [-0.15, -0.1) is 11.6 Å². The fraction of sp³-hybridized carbons (Fsp3) is 0.200. The monoisotopic (exact) mass is 211 g/mol. The van der Waals surface area contributed by atoms with Crippen molar-refractivity contribution in [2.45, 2.75) is 0 Å². The molecule has 0 unspecified atom stereocenters. The predicted molar refractivity (Wildman–Crippen MR) is 53.1 cm³/mol. The van der Waals surface area contributed by atoms with Gasteiger partial charge in [-0.05, 0) is 18.3 Å². The minimum absolute atomic E-state index is 0.0941. The number of alkyl halides is 1. The van der Waals surface area contributed by atoms with Crippen molar-refractivity contribution < 1.29 is 0 Å². The lowest BCUT2D eigenvalue weighted by Crippen LogP contribution is -2.23. The third-order valence-corrected chi connectivity index (χ3v) is 1.13. The van der Waals surface area contributed by atoms with E-state index in [9.17, 15) is 0 Å². The second kappa shape index (κ2) is 6.39. The Kier molecular flexibility index (Phi) is 6.21. The zero-order valence-corrected chi connectivity index (χ0v) is 7.88. The molecule has 0 amide bonds. The van der Waals surface area contributed by atoms with Gasteiger partial charge in [-0.2, -0.15) is 5.10 Å². The number of thiocarbonyl (C=S) groups is 1. The normalized spacial score (nSPS) is 12.0. The third kappa shape index (κ3) is 7.58. The highest BCUT2D eigenvalue weighted by atomic mass is 35.5. The molecule has 0 aromatic carbocycles. The van der Waals surface area contributed by atoms with E-state index in [0.29, 0.717) is 10.9 Å². The summed E-state index contributed by atoms with van der Waals surface area (Å²) < 4.78 is 0. The van der Waals surface area contributed by atoms with E-state index in [4.69, 9.17) is 28.9 Å². The summed E-state index contributed by atoms with van der Waals surface area (Å²) in [7, 11) is 0. The van der Waals surface area contributed by atoms with Crippen LogP contribution in [-0.2, 0) is 0 Å². The van der Waals surface area contributed by atoms with Crippen molar-refractivity contribution in [3.63, 3.8) is 0 Å². The number of hydrogen-bond donors (Lipinski definition) is 2. The Morgan fingerprint density at radius 3 is 2.82 bits per heavy atom. The summed E-state index contributed by atoms with van der Waals surface area (Å²) in [4.78, 5) is 0. The summed E-state index contributed by atoms with van der Waals surface area (Å²) >= 11 is 15.4. The lowest BCUT2D eigenvalue weighted by Gasteiger charge is -1.91. The molecule has 0 saturated heterocycles. The summed E-state index contributed by atoms with van der Waals surface area (Å²) in [5.41, 5.74) is 7.42. The second-order valence-electron chi connectivity index (χ2n) is 1.48. The van der Waals surface area contributed by atoms with E-state index in [1.807, 2.05) is 0 Å². The maximum absolute atomic E-state index is 5.57. The quantitative estimate of drug-likeness (QED) is 0.319. The molecule has 0 spiro atoms. The van der Waals surface area contributed by atoms with Gasteiger partial charge in [0.2, 0.25) is 0 Å². The summed E-state index contributed by atoms with van der Waals surface area (Å²) in [5.74, 6) is 0.345. The zero-order chi connectivity index (χ0) is 8.69. The van der Waals surface area contributed by atoms with Crippen LogP contribution in [0.25, 0.3) is 0 Å². The molecule has 0 rings (SSSR count). The minimum Gasteiger partial charge on any atom is -0.375 e. The van der Waals surface area contributed by atoms with Crippen molar-refractivity contribution >= 4 is 46.7 Å². The van der Waals surface area contributed by atoms with Gasteiger partial charge in [0, 0.05) is 5.88 Å². The number of hydrogen-bond acceptors (Lipinski definition) is 2. The van der Waals surface area contributed by atoms with Crippen LogP contribution in [0.4, 0.5) is 0 Å². The van der Waals surface area contributed by atoms with E-state index in [-0.39, 0.29) is 5.11 Å². The highest BCUT2D eigenvalue weighted by molar-refractivity contribution is 7.80. The lowest BCUT2D eigenvalue weighted by atomic mass is 10.5. The Balaban J connectivity index is 3.74. The van der Waals surface area contributed by atoms with Crippen molar-refractivity contribution in [1.82, 2.24) is 5.43 Å². The van der Waals surface area contributed by atoms with Gasteiger partial charge in [0.15, 0.2) is 5.11 Å². The first kappa shape index (κ1) is 10.7. The Bertz CT molecular complexity index is 190. The standard InChI is InChI=1S/C5H7Cl2N3S/c6-2-1-4(7)3-9-10-5(8)11/h1,3H,2H2,(H3,8,10,11)/b4-1-,9-3+. The predicted octanol–water partition coefficient (Wildman–Crippen LogP) is 1.17. The van der Waals surface area contributed by atoms with Crippen LogP contribution in [0.5, 0.6) is 0 Å². The fourth-order valence-corrected chi connectivity index (χ4v) is 0.708. The molecule has 11 heavy (non-hydrogen) atoms. The molecule has 0 bridgehead atoms. The van der Waals surface area contributed by atoms with Gasteiger partial charge < -0.3 is 5.73 Å². The molecule has 62 valence electrons. The molecule has 0 atom stereocenters. The number of nitrogens with two attached hydrogens (primary N) is 1. The second-order valence-corrected chi connectivity index (χ2v) is 2.66. The molecular formula is C5H7Cl2N3S. The number of nitrogens with one attached hydrogen (secondary N) is 1. The number of hydrazone groups is 1. The molecule has 0 fully saturated rings. The topological polar surface area (TPSA) is 50.4 Å². The van der Waals surface area contributed by atoms with Gasteiger partial charge in [-0.1, -0.05) is 11.6 Å². The van der Waals surface area contributed by atoms with Crippen molar-refractivity contribution in [2.24, 2.45) is 10.8 Å². The van der Waals surface area contributed by atoms with Crippen molar-refractivity contribution in [2.75, 3.05) is 5.88 Å². The lowest BCUT2D eigenvalue weighted by molar-refractivity contribution is 1.04. The molecule has 0 aromatic rings. The van der Waals surface area contributed by atoms with Crippen LogP contribution in [0.2, 0.25) is 0 Å². The van der Waals surface area contributed by atoms with Crippen molar-refractivity contribution in [3.05, 3.63) is 11.1 Å². The Morgan fingerprint density at radius 2 is 2.36 bits per heavy atom. The van der Waals surface area contributed by atoms with Gasteiger partial charge in [0.1, 0.15) is 0 Å². The number of nitrogens with zero attached hydrogens (tertiary/aromatic N) is 1. The molecule has 6 heteroatoms. The molecule has 0 heterocycles. The summed E-state index contributed by atoms with van der Waals surface area (Å²) in [6.45, 7) is 0. The maximum atomic E-state index is 5.57. The van der Waals surface area contributed by atoms with Crippen LogP contribution in [0, 0.1) is 0 Å². The van der Waals surface area contributed by atoms with Gasteiger partial charge >= 0.3 is 0 Å². The zero-order valence-electron chi connectivity index (χ0n) is 5.55. The highest BCUT2D eigenvalue weighted by Crippen LogP contribution is 1.96. The molecule has 0 aliphatic heterocycles. The van der Waals surface area contributed by atoms with E-state index < -0.39 is 0 Å². The van der Waals surface area contributed by atoms with E-state index in [1.165, 1.54) is 6.21 Å². The average molecular weight is 212 g/mol. The Morgan fingerprint density at radius 1 is 1.73 bits per heavy atom. The van der Waals surface area contributed by atoms with E-state index in [0.717, 1.165) is 0 Å². The highest BCUT2D eigenvalue weighted by Gasteiger charge is 1.83. The Labute approximate surface area is 80.2 Å². The first-order chi connectivity index (χ1) is 5.16. The maximum Gasteiger partial charge on any atom is 0.184 e. The van der Waals surface area contributed by atoms with Crippen molar-refractivity contribution in [1.29, 1.82) is 0 Å².